The molecule has 4 heterocycles. The van der Waals surface area contributed by atoms with E-state index in [0.29, 0.717) is 28.3 Å². The Bertz CT molecular complexity index is 1370. The van der Waals surface area contributed by atoms with E-state index in [1.165, 1.54) is 12.0 Å². The van der Waals surface area contributed by atoms with Crippen LogP contribution in [0.1, 0.15) is 34.0 Å². The molecule has 0 saturated carbocycles. The van der Waals surface area contributed by atoms with Crippen LogP contribution in [0.4, 0.5) is 4.79 Å². The number of benzene rings is 1. The van der Waals surface area contributed by atoms with Crippen LogP contribution in [0.5, 0.6) is 5.75 Å². The second-order valence-corrected chi connectivity index (χ2v) is 9.48. The molecule has 2 aromatic rings. The van der Waals surface area contributed by atoms with Gasteiger partial charge in [-0.3, -0.25) is 25.3 Å². The number of fused-ring (bicyclic) bond motifs is 1. The maximum absolute atomic E-state index is 13.1. The highest BCUT2D eigenvalue weighted by Gasteiger charge is 2.48. The summed E-state index contributed by atoms with van der Waals surface area (Å²) in [5, 5.41) is 13.5. The van der Waals surface area contributed by atoms with Gasteiger partial charge in [-0.2, -0.15) is 0 Å². The van der Waals surface area contributed by atoms with E-state index in [-0.39, 0.29) is 19.0 Å². The van der Waals surface area contributed by atoms with Crippen molar-refractivity contribution in [2.24, 2.45) is 0 Å². The monoisotopic (exact) mass is 515 g/mol. The summed E-state index contributed by atoms with van der Waals surface area (Å²) in [6.07, 6.45) is 3.16. The largest absolute Gasteiger partial charge is 0.497 e. The third kappa shape index (κ3) is 4.78. The minimum absolute atomic E-state index is 0.127. The van der Waals surface area contributed by atoms with Gasteiger partial charge >= 0.3 is 6.03 Å². The van der Waals surface area contributed by atoms with Crippen molar-refractivity contribution in [2.45, 2.75) is 19.0 Å². The number of urea groups is 1. The van der Waals surface area contributed by atoms with Crippen molar-refractivity contribution in [3.8, 4) is 17.6 Å². The van der Waals surface area contributed by atoms with E-state index in [2.05, 4.69) is 39.3 Å². The number of nitrogens with one attached hydrogen (secondary N) is 3. The number of ether oxygens (including phenoxy) is 1. The number of likely N-dealkylation sites (N-methyl/N-ethyl adjacent to an activating group) is 1. The molecule has 3 aliphatic rings. The summed E-state index contributed by atoms with van der Waals surface area (Å²) in [6.45, 7) is 6.59. The first kappa shape index (κ1) is 25.2. The quantitative estimate of drug-likeness (QED) is 0.231. The Morgan fingerprint density at radius 3 is 2.63 bits per heavy atom. The topological polar surface area (TPSA) is 131 Å². The molecule has 1 unspecified atom stereocenters. The fraction of sp³-hybridized carbons (Fsp3) is 0.370. The van der Waals surface area contributed by atoms with Crippen LogP contribution in [0.25, 0.3) is 0 Å². The lowest BCUT2D eigenvalue weighted by molar-refractivity contribution is -0.122. The number of carbonyl (C=O) groups is 3. The molecule has 5 rings (SSSR count). The Balaban J connectivity index is 1.37. The predicted octanol–water partition coefficient (Wildman–Crippen LogP) is 0.639. The van der Waals surface area contributed by atoms with Gasteiger partial charge in [0.15, 0.2) is 0 Å². The van der Waals surface area contributed by atoms with Crippen LogP contribution in [0.2, 0.25) is 0 Å². The van der Waals surface area contributed by atoms with Gasteiger partial charge in [-0.15, -0.1) is 0 Å². The molecule has 11 nitrogen and oxygen atoms in total. The number of aromatic nitrogens is 1. The molecule has 11 heteroatoms. The minimum Gasteiger partial charge on any atom is -0.497 e. The van der Waals surface area contributed by atoms with Crippen LogP contribution >= 0.6 is 0 Å². The molecule has 0 aliphatic carbocycles. The number of amides is 4. The molecule has 1 aromatic heterocycles. The molecule has 0 bridgehead atoms. The van der Waals surface area contributed by atoms with Crippen molar-refractivity contribution in [2.75, 3.05) is 46.4 Å². The Hall–Kier alpha value is -4.43. The predicted molar refractivity (Wildman–Crippen MR) is 139 cm³/mol. The van der Waals surface area contributed by atoms with Gasteiger partial charge in [0.05, 0.1) is 13.7 Å². The average Bonchev–Trinajstić information content (AvgIpc) is 3.40. The molecule has 0 spiro atoms. The normalized spacial score (nSPS) is 20.9. The number of rotatable bonds is 5. The fourth-order valence-electron chi connectivity index (χ4n) is 4.90. The van der Waals surface area contributed by atoms with E-state index in [0.717, 1.165) is 38.3 Å². The summed E-state index contributed by atoms with van der Waals surface area (Å²) in [4.78, 5) is 48.2. The van der Waals surface area contributed by atoms with Crippen LogP contribution in [-0.2, 0) is 11.3 Å². The number of amidine groups is 1. The number of piperazine rings is 1. The number of hydrogen-bond donors (Lipinski definition) is 3. The van der Waals surface area contributed by atoms with Crippen LogP contribution in [0, 0.1) is 17.3 Å². The third-order valence-corrected chi connectivity index (χ3v) is 7.13. The number of methoxy groups -OCH3 is 1. The Morgan fingerprint density at radius 1 is 1.16 bits per heavy atom. The minimum atomic E-state index is -1.63. The highest BCUT2D eigenvalue weighted by molar-refractivity contribution is 6.10. The number of nitrogens with zero attached hydrogens (tertiary/aromatic N) is 4. The van der Waals surface area contributed by atoms with E-state index in [1.54, 1.807) is 30.6 Å². The Labute approximate surface area is 220 Å². The van der Waals surface area contributed by atoms with Crippen LogP contribution in [0.15, 0.2) is 36.7 Å². The van der Waals surface area contributed by atoms with E-state index in [4.69, 9.17) is 10.1 Å². The molecule has 3 aliphatic heterocycles. The molecule has 1 aromatic carbocycles. The van der Waals surface area contributed by atoms with Crippen molar-refractivity contribution in [3.63, 3.8) is 0 Å². The van der Waals surface area contributed by atoms with E-state index in [9.17, 15) is 14.4 Å². The number of pyridine rings is 1. The lowest BCUT2D eigenvalue weighted by atomic mass is 9.99. The standard InChI is InChI=1S/C27H29N7O4/c1-3-32-8-10-33(11-9-32)23(28)20-12-18(14-29-15-20)6-7-27(25(36)30-26(37)31-27)17-34-16-19-4-5-21(38-2)13-22(19)24(34)35/h4-5,12-15,28H,3,8-11,16-17H2,1-2H3,(H2,30,31,36,37). The first-order valence-corrected chi connectivity index (χ1v) is 12.5. The summed E-state index contributed by atoms with van der Waals surface area (Å²) < 4.78 is 5.23. The zero-order valence-electron chi connectivity index (χ0n) is 21.3. The van der Waals surface area contributed by atoms with Gasteiger partial charge in [-0.1, -0.05) is 24.8 Å². The molecule has 0 radical (unpaired) electrons. The highest BCUT2D eigenvalue weighted by Crippen LogP contribution is 2.28. The highest BCUT2D eigenvalue weighted by atomic mass is 16.5. The summed E-state index contributed by atoms with van der Waals surface area (Å²) >= 11 is 0. The van der Waals surface area contributed by atoms with Gasteiger partial charge < -0.3 is 24.8 Å². The molecule has 3 N–H and O–H groups in total. The lowest BCUT2D eigenvalue weighted by Gasteiger charge is -2.35. The Kier molecular flexibility index (Phi) is 6.73. The maximum atomic E-state index is 13.1. The zero-order valence-corrected chi connectivity index (χ0v) is 21.3. The third-order valence-electron chi connectivity index (χ3n) is 7.13. The molecular formula is C27H29N7O4. The van der Waals surface area contributed by atoms with Gasteiger partial charge in [-0.25, -0.2) is 4.79 Å². The summed E-state index contributed by atoms with van der Waals surface area (Å²) in [7, 11) is 1.53. The zero-order chi connectivity index (χ0) is 26.9. The Morgan fingerprint density at radius 2 is 1.95 bits per heavy atom. The van der Waals surface area contributed by atoms with E-state index >= 15 is 0 Å². The van der Waals surface area contributed by atoms with Gasteiger partial charge in [0, 0.05) is 61.8 Å². The summed E-state index contributed by atoms with van der Waals surface area (Å²) in [5.41, 5.74) is 0.786. The van der Waals surface area contributed by atoms with Gasteiger partial charge in [0.1, 0.15) is 11.6 Å². The molecule has 38 heavy (non-hydrogen) atoms. The van der Waals surface area contributed by atoms with Crippen molar-refractivity contribution in [1.29, 1.82) is 5.41 Å². The fourth-order valence-corrected chi connectivity index (χ4v) is 4.90. The molecular weight excluding hydrogens is 486 g/mol. The smallest absolute Gasteiger partial charge is 0.323 e. The number of carbonyl (C=O) groups excluding carboxylic acids is 3. The lowest BCUT2D eigenvalue weighted by Crippen LogP contribution is -2.54. The van der Waals surface area contributed by atoms with Crippen molar-refractivity contribution in [3.05, 3.63) is 58.9 Å². The summed E-state index contributed by atoms with van der Waals surface area (Å²) in [5.74, 6) is 5.89. The maximum Gasteiger partial charge on any atom is 0.323 e. The van der Waals surface area contributed by atoms with Crippen LogP contribution < -0.4 is 15.4 Å². The van der Waals surface area contributed by atoms with Crippen LogP contribution in [-0.4, -0.2) is 95.3 Å². The molecule has 1 atom stereocenters. The first-order valence-electron chi connectivity index (χ1n) is 12.5. The van der Waals surface area contributed by atoms with Gasteiger partial charge in [-0.05, 0) is 30.3 Å². The summed E-state index contributed by atoms with van der Waals surface area (Å²) in [6, 6.07) is 6.33. The second-order valence-electron chi connectivity index (χ2n) is 9.48. The first-order chi connectivity index (χ1) is 18.3. The SMILES string of the molecule is CCN1CCN(C(=N)c2cncc(C#CC3(CN4Cc5ccc(OC)cc5C4=O)NC(=O)NC3=O)c2)CC1. The van der Waals surface area contributed by atoms with Crippen molar-refractivity contribution in [1.82, 2.24) is 30.3 Å². The van der Waals surface area contributed by atoms with Gasteiger partial charge in [0.2, 0.25) is 5.54 Å². The molecule has 196 valence electrons. The van der Waals surface area contributed by atoms with Crippen LogP contribution in [0.3, 0.4) is 0 Å². The second kappa shape index (κ2) is 10.1. The number of hydrogen-bond acceptors (Lipinski definition) is 7. The molecule has 4 amide bonds. The number of imide groups is 1. The molecule has 2 fully saturated rings. The van der Waals surface area contributed by atoms with Crippen molar-refractivity contribution < 1.29 is 19.1 Å². The van der Waals surface area contributed by atoms with Crippen molar-refractivity contribution >= 4 is 23.7 Å². The molecule has 2 saturated heterocycles. The van der Waals surface area contributed by atoms with Gasteiger partial charge in [0.25, 0.3) is 11.8 Å². The average molecular weight is 516 g/mol. The van der Waals surface area contributed by atoms with E-state index in [1.807, 2.05) is 11.0 Å². The van der Waals surface area contributed by atoms with E-state index < -0.39 is 17.5 Å².